The molecular formula is C22H20BNO6. The lowest BCUT2D eigenvalue weighted by molar-refractivity contribution is 0.127. The van der Waals surface area contributed by atoms with E-state index in [0.29, 0.717) is 5.69 Å². The van der Waals surface area contributed by atoms with Crippen LogP contribution >= 0.6 is 0 Å². The molecular weight excluding hydrogens is 385 g/mol. The van der Waals surface area contributed by atoms with Crippen LogP contribution in [0.2, 0.25) is 0 Å². The van der Waals surface area contributed by atoms with Crippen LogP contribution in [0.4, 0.5) is 15.3 Å². The summed E-state index contributed by atoms with van der Waals surface area (Å²) < 4.78 is 10.7. The Morgan fingerprint density at radius 1 is 0.767 bits per heavy atom. The summed E-state index contributed by atoms with van der Waals surface area (Å²) in [4.78, 5) is 26.2. The van der Waals surface area contributed by atoms with E-state index in [1.165, 1.54) is 0 Å². The Morgan fingerprint density at radius 2 is 1.23 bits per heavy atom. The van der Waals surface area contributed by atoms with Gasteiger partial charge in [0.25, 0.3) is 0 Å². The maximum Gasteiger partial charge on any atom is 0.432 e. The van der Waals surface area contributed by atoms with Crippen molar-refractivity contribution in [2.45, 2.75) is 13.2 Å². The van der Waals surface area contributed by atoms with Crippen molar-refractivity contribution in [1.82, 2.24) is 0 Å². The van der Waals surface area contributed by atoms with Gasteiger partial charge in [-0.15, -0.1) is 0 Å². The van der Waals surface area contributed by atoms with Crippen molar-refractivity contribution in [3.63, 3.8) is 0 Å². The fourth-order valence-electron chi connectivity index (χ4n) is 2.77. The first-order valence-electron chi connectivity index (χ1n) is 9.21. The lowest BCUT2D eigenvalue weighted by atomic mass is 10.2. The van der Waals surface area contributed by atoms with E-state index in [0.717, 1.165) is 27.2 Å². The zero-order valence-electron chi connectivity index (χ0n) is 16.1. The highest BCUT2D eigenvalue weighted by atomic mass is 16.6. The standard InChI is InChI=1S/C22H17NO4.BH3O2/c24-21(26-14-16-7-3-1-4-8-16)23(20-12-11-18-13-19(18)20)22(25)27-15-17-9-5-2-6-10-17;2-1-3/h1-13H,14-15H2;1-3H. The topological polar surface area (TPSA) is 96.3 Å². The molecule has 2 aliphatic rings. The third kappa shape index (κ3) is 5.47. The van der Waals surface area contributed by atoms with Crippen molar-refractivity contribution in [2.75, 3.05) is 4.90 Å². The molecule has 2 aromatic carbocycles. The highest BCUT2D eigenvalue weighted by Gasteiger charge is 2.33. The molecule has 2 aromatic rings. The first-order valence-corrected chi connectivity index (χ1v) is 9.21. The molecule has 0 aliphatic heterocycles. The number of anilines is 1. The number of benzene rings is 3. The normalized spacial score (nSPS) is 10.2. The number of imide groups is 1. The minimum absolute atomic E-state index is 0.0781. The number of hydrogen-bond acceptors (Lipinski definition) is 6. The van der Waals surface area contributed by atoms with Gasteiger partial charge < -0.3 is 19.5 Å². The Labute approximate surface area is 174 Å². The molecule has 30 heavy (non-hydrogen) atoms. The Balaban J connectivity index is 0.000000806. The number of fused-ring (bicyclic) bond motifs is 1. The van der Waals surface area contributed by atoms with Gasteiger partial charge in [0.1, 0.15) is 13.2 Å². The highest BCUT2D eigenvalue weighted by molar-refractivity contribution is 6.14. The molecule has 0 unspecified atom stereocenters. The summed E-state index contributed by atoms with van der Waals surface area (Å²) in [5.41, 5.74) is 4.05. The summed E-state index contributed by atoms with van der Waals surface area (Å²) in [5, 5.41) is 14.2. The van der Waals surface area contributed by atoms with Gasteiger partial charge in [-0.05, 0) is 28.8 Å². The van der Waals surface area contributed by atoms with Crippen molar-refractivity contribution in [1.29, 1.82) is 0 Å². The van der Waals surface area contributed by atoms with Crippen molar-refractivity contribution < 1.29 is 29.1 Å². The van der Waals surface area contributed by atoms with Crippen molar-refractivity contribution >= 4 is 25.6 Å². The molecule has 0 radical (unpaired) electrons. The van der Waals surface area contributed by atoms with Crippen LogP contribution in [-0.4, -0.2) is 29.9 Å². The van der Waals surface area contributed by atoms with Crippen molar-refractivity contribution in [3.8, 4) is 11.1 Å². The molecule has 2 amide bonds. The van der Waals surface area contributed by atoms with E-state index in [2.05, 4.69) is 0 Å². The second kappa shape index (κ2) is 10.2. The number of carbonyl (C=O) groups excluding carboxylic acids is 2. The maximum atomic E-state index is 12.6. The molecule has 0 spiro atoms. The minimum atomic E-state index is -0.759. The van der Waals surface area contributed by atoms with Gasteiger partial charge in [-0.2, -0.15) is 4.90 Å². The summed E-state index contributed by atoms with van der Waals surface area (Å²) in [6.07, 6.45) is -1.52. The van der Waals surface area contributed by atoms with Gasteiger partial charge in [-0.25, -0.2) is 9.59 Å². The average molecular weight is 405 g/mol. The van der Waals surface area contributed by atoms with E-state index in [-0.39, 0.29) is 13.2 Å². The molecule has 0 bridgehead atoms. The fourth-order valence-corrected chi connectivity index (χ4v) is 2.77. The van der Waals surface area contributed by atoms with E-state index in [4.69, 9.17) is 19.5 Å². The molecule has 0 heterocycles. The van der Waals surface area contributed by atoms with E-state index in [9.17, 15) is 9.59 Å². The Hall–Kier alpha value is -3.62. The minimum Gasteiger partial charge on any atom is -0.444 e. The Morgan fingerprint density at radius 3 is 1.60 bits per heavy atom. The molecule has 4 rings (SSSR count). The van der Waals surface area contributed by atoms with E-state index >= 15 is 0 Å². The Bertz CT molecular complexity index is 942. The van der Waals surface area contributed by atoms with Gasteiger partial charge >= 0.3 is 19.9 Å². The SMILES string of the molecule is O=C(OCc1ccccc1)N(C(=O)OCc1ccccc1)c1ccc2cc1-2.OBO. The van der Waals surface area contributed by atoms with Crippen molar-refractivity contribution in [2.24, 2.45) is 0 Å². The molecule has 2 aliphatic carbocycles. The molecule has 0 saturated carbocycles. The van der Waals surface area contributed by atoms with Crippen molar-refractivity contribution in [3.05, 3.63) is 90.0 Å². The molecule has 0 atom stereocenters. The van der Waals surface area contributed by atoms with Crippen LogP contribution in [0.15, 0.2) is 78.9 Å². The first-order chi connectivity index (χ1) is 14.6. The largest absolute Gasteiger partial charge is 0.444 e. The number of carbonyl (C=O) groups is 2. The van der Waals surface area contributed by atoms with Crippen LogP contribution in [0.1, 0.15) is 11.1 Å². The van der Waals surface area contributed by atoms with Gasteiger partial charge in [0.15, 0.2) is 0 Å². The van der Waals surface area contributed by atoms with E-state index < -0.39 is 19.9 Å². The number of nitrogens with zero attached hydrogens (tertiary/aromatic N) is 1. The molecule has 0 saturated heterocycles. The predicted molar refractivity (Wildman–Crippen MR) is 113 cm³/mol. The number of amides is 2. The van der Waals surface area contributed by atoms with E-state index in [1.807, 2.05) is 72.8 Å². The van der Waals surface area contributed by atoms with E-state index in [1.54, 1.807) is 6.07 Å². The maximum absolute atomic E-state index is 12.6. The third-order valence-electron chi connectivity index (χ3n) is 4.24. The molecule has 0 aromatic heterocycles. The summed E-state index contributed by atoms with van der Waals surface area (Å²) in [7, 11) is -0.750. The number of ether oxygens (including phenoxy) is 2. The molecule has 2 N–H and O–H groups in total. The van der Waals surface area contributed by atoms with Gasteiger partial charge in [0.05, 0.1) is 5.69 Å². The molecule has 152 valence electrons. The molecule has 8 heteroatoms. The summed E-state index contributed by atoms with van der Waals surface area (Å²) in [5.74, 6) is 0. The molecule has 7 nitrogen and oxygen atoms in total. The first kappa shape index (κ1) is 21.1. The second-order valence-electron chi connectivity index (χ2n) is 6.29. The van der Waals surface area contributed by atoms with Crippen LogP contribution in [0.25, 0.3) is 11.1 Å². The average Bonchev–Trinajstić information content (AvgIpc) is 3.45. The lowest BCUT2D eigenvalue weighted by Gasteiger charge is -2.19. The van der Waals surface area contributed by atoms with Crippen LogP contribution in [0.3, 0.4) is 0 Å². The van der Waals surface area contributed by atoms with Crippen LogP contribution in [0, 0.1) is 0 Å². The summed E-state index contributed by atoms with van der Waals surface area (Å²) in [6, 6.07) is 24.1. The Kier molecular flexibility index (Phi) is 7.21. The monoisotopic (exact) mass is 405 g/mol. The zero-order chi connectivity index (χ0) is 21.3. The third-order valence-corrected chi connectivity index (χ3v) is 4.24. The van der Waals surface area contributed by atoms with Gasteiger partial charge in [0, 0.05) is 5.56 Å². The fraction of sp³-hybridized carbons (Fsp3) is 0.0909. The van der Waals surface area contributed by atoms with Crippen LogP contribution in [-0.2, 0) is 22.7 Å². The number of rotatable bonds is 5. The summed E-state index contributed by atoms with van der Waals surface area (Å²) >= 11 is 0. The lowest BCUT2D eigenvalue weighted by Crippen LogP contribution is -2.37. The quantitative estimate of drug-likeness (QED) is 0.495. The zero-order valence-corrected chi connectivity index (χ0v) is 16.1. The van der Waals surface area contributed by atoms with Crippen LogP contribution < -0.4 is 4.90 Å². The van der Waals surface area contributed by atoms with Gasteiger partial charge in [0.2, 0.25) is 0 Å². The smallest absolute Gasteiger partial charge is 0.432 e. The van der Waals surface area contributed by atoms with Gasteiger partial charge in [-0.1, -0.05) is 66.7 Å². The van der Waals surface area contributed by atoms with Gasteiger partial charge in [-0.3, -0.25) is 0 Å². The molecule has 0 fully saturated rings. The van der Waals surface area contributed by atoms with Crippen LogP contribution in [0.5, 0.6) is 0 Å². The summed E-state index contributed by atoms with van der Waals surface area (Å²) in [6.45, 7) is 0.156. The predicted octanol–water partition coefficient (Wildman–Crippen LogP) is 3.38. The number of hydrogen-bond donors (Lipinski definition) is 2. The highest BCUT2D eigenvalue weighted by Crippen LogP contribution is 2.44. The second-order valence-corrected chi connectivity index (χ2v) is 6.29.